The Hall–Kier alpha value is -2.10. The molecule has 2 N–H and O–H groups in total. The van der Waals surface area contributed by atoms with E-state index in [0.29, 0.717) is 11.3 Å². The van der Waals surface area contributed by atoms with Crippen LogP contribution in [0.15, 0.2) is 36.4 Å². The summed E-state index contributed by atoms with van der Waals surface area (Å²) < 4.78 is 26.3. The first-order valence-electron chi connectivity index (χ1n) is 5.98. The van der Waals surface area contributed by atoms with Gasteiger partial charge < -0.3 is 10.4 Å². The molecule has 0 aromatic heterocycles. The number of rotatable bonds is 3. The second-order valence-corrected chi connectivity index (χ2v) is 4.57. The van der Waals surface area contributed by atoms with Crippen LogP contribution in [-0.2, 0) is 0 Å². The van der Waals surface area contributed by atoms with Gasteiger partial charge in [-0.2, -0.15) is 0 Å². The molecule has 2 nitrogen and oxygen atoms in total. The number of benzene rings is 2. The van der Waals surface area contributed by atoms with E-state index in [9.17, 15) is 13.9 Å². The van der Waals surface area contributed by atoms with E-state index in [4.69, 9.17) is 0 Å². The highest BCUT2D eigenvalue weighted by Crippen LogP contribution is 2.25. The van der Waals surface area contributed by atoms with Gasteiger partial charge in [-0.1, -0.05) is 6.07 Å². The minimum Gasteiger partial charge on any atom is -0.508 e. The van der Waals surface area contributed by atoms with Crippen LogP contribution < -0.4 is 5.32 Å². The summed E-state index contributed by atoms with van der Waals surface area (Å²) in [6, 6.07) is 8.31. The van der Waals surface area contributed by atoms with Crippen LogP contribution >= 0.6 is 0 Å². The molecule has 1 atom stereocenters. The van der Waals surface area contributed by atoms with Crippen molar-refractivity contribution in [2.75, 3.05) is 5.32 Å². The number of phenolic OH excluding ortho intramolecular Hbond substituents is 1. The smallest absolute Gasteiger partial charge is 0.126 e. The maximum absolute atomic E-state index is 13.1. The molecule has 100 valence electrons. The van der Waals surface area contributed by atoms with Gasteiger partial charge in [0.25, 0.3) is 0 Å². The van der Waals surface area contributed by atoms with Crippen LogP contribution in [0.1, 0.15) is 24.1 Å². The molecular weight excluding hydrogens is 248 g/mol. The van der Waals surface area contributed by atoms with E-state index in [1.54, 1.807) is 32.0 Å². The molecule has 2 rings (SSSR count). The lowest BCUT2D eigenvalue weighted by molar-refractivity contribution is 0.471. The Kier molecular flexibility index (Phi) is 3.69. The number of aryl methyl sites for hydroxylation is 1. The number of phenols is 1. The monoisotopic (exact) mass is 263 g/mol. The molecule has 0 bridgehead atoms. The van der Waals surface area contributed by atoms with Gasteiger partial charge in [0.05, 0.1) is 0 Å². The lowest BCUT2D eigenvalue weighted by atomic mass is 10.1. The van der Waals surface area contributed by atoms with Crippen LogP contribution in [0.25, 0.3) is 0 Å². The van der Waals surface area contributed by atoms with Gasteiger partial charge in [0, 0.05) is 23.9 Å². The van der Waals surface area contributed by atoms with Gasteiger partial charge in [0.15, 0.2) is 0 Å². The summed E-state index contributed by atoms with van der Waals surface area (Å²) in [5.74, 6) is -1.02. The Morgan fingerprint density at radius 1 is 1.05 bits per heavy atom. The molecule has 0 aliphatic carbocycles. The summed E-state index contributed by atoms with van der Waals surface area (Å²) in [7, 11) is 0. The van der Waals surface area contributed by atoms with Crippen molar-refractivity contribution in [1.82, 2.24) is 0 Å². The van der Waals surface area contributed by atoms with Crippen molar-refractivity contribution in [1.29, 1.82) is 0 Å². The fourth-order valence-corrected chi connectivity index (χ4v) is 1.86. The van der Waals surface area contributed by atoms with E-state index in [0.717, 1.165) is 11.6 Å². The molecule has 4 heteroatoms. The first kappa shape index (κ1) is 13.3. The molecule has 0 aliphatic heterocycles. The van der Waals surface area contributed by atoms with Gasteiger partial charge in [-0.3, -0.25) is 0 Å². The highest BCUT2D eigenvalue weighted by Gasteiger charge is 2.09. The Labute approximate surface area is 110 Å². The fourth-order valence-electron chi connectivity index (χ4n) is 1.86. The second kappa shape index (κ2) is 5.26. The topological polar surface area (TPSA) is 32.3 Å². The largest absolute Gasteiger partial charge is 0.508 e. The van der Waals surface area contributed by atoms with E-state index in [2.05, 4.69) is 5.32 Å². The number of anilines is 1. The minimum atomic E-state index is -0.601. The molecule has 2 aromatic carbocycles. The van der Waals surface area contributed by atoms with E-state index in [1.807, 2.05) is 0 Å². The standard InChI is InChI=1S/C15H15F2NO/c1-9-3-4-14(8-15(9)19)18-10(2)11-5-12(16)7-13(17)6-11/h3-8,10,18-19H,1-2H3. The number of hydrogen-bond acceptors (Lipinski definition) is 2. The molecule has 2 aromatic rings. The number of halogens is 2. The zero-order valence-corrected chi connectivity index (χ0v) is 10.7. The van der Waals surface area contributed by atoms with Crippen molar-refractivity contribution in [2.24, 2.45) is 0 Å². The molecular formula is C15H15F2NO. The average Bonchev–Trinajstić information content (AvgIpc) is 2.32. The zero-order chi connectivity index (χ0) is 14.0. The molecule has 0 saturated heterocycles. The molecule has 0 aliphatic rings. The Bertz CT molecular complexity index is 578. The normalized spacial score (nSPS) is 12.2. The third kappa shape index (κ3) is 3.22. The maximum Gasteiger partial charge on any atom is 0.126 e. The lowest BCUT2D eigenvalue weighted by Crippen LogP contribution is -2.07. The van der Waals surface area contributed by atoms with Crippen LogP contribution in [0.2, 0.25) is 0 Å². The van der Waals surface area contributed by atoms with E-state index < -0.39 is 11.6 Å². The molecule has 0 heterocycles. The quantitative estimate of drug-likeness (QED) is 0.871. The minimum absolute atomic E-state index is 0.183. The van der Waals surface area contributed by atoms with Crippen LogP contribution in [-0.4, -0.2) is 5.11 Å². The van der Waals surface area contributed by atoms with Crippen molar-refractivity contribution in [3.8, 4) is 5.75 Å². The van der Waals surface area contributed by atoms with Gasteiger partial charge in [0.1, 0.15) is 17.4 Å². The van der Waals surface area contributed by atoms with Gasteiger partial charge in [-0.25, -0.2) is 8.78 Å². The average molecular weight is 263 g/mol. The summed E-state index contributed by atoms with van der Waals surface area (Å²) in [5.41, 5.74) is 1.98. The van der Waals surface area contributed by atoms with Crippen LogP contribution in [0.3, 0.4) is 0 Å². The fraction of sp³-hybridized carbons (Fsp3) is 0.200. The third-order valence-electron chi connectivity index (χ3n) is 2.98. The van der Waals surface area contributed by atoms with Crippen LogP contribution in [0, 0.1) is 18.6 Å². The number of nitrogens with one attached hydrogen (secondary N) is 1. The lowest BCUT2D eigenvalue weighted by Gasteiger charge is -2.16. The molecule has 1 unspecified atom stereocenters. The summed E-state index contributed by atoms with van der Waals surface area (Å²) in [5, 5.41) is 12.7. The van der Waals surface area contributed by atoms with E-state index >= 15 is 0 Å². The first-order chi connectivity index (χ1) is 8.95. The van der Waals surface area contributed by atoms with Crippen molar-refractivity contribution in [2.45, 2.75) is 19.9 Å². The van der Waals surface area contributed by atoms with Crippen molar-refractivity contribution >= 4 is 5.69 Å². The Balaban J connectivity index is 2.20. The summed E-state index contributed by atoms with van der Waals surface area (Å²) in [4.78, 5) is 0. The van der Waals surface area contributed by atoms with Gasteiger partial charge in [-0.05, 0) is 43.2 Å². The van der Waals surface area contributed by atoms with Gasteiger partial charge >= 0.3 is 0 Å². The van der Waals surface area contributed by atoms with E-state index in [-0.39, 0.29) is 11.8 Å². The third-order valence-corrected chi connectivity index (χ3v) is 2.98. The second-order valence-electron chi connectivity index (χ2n) is 4.57. The predicted molar refractivity (Wildman–Crippen MR) is 71.2 cm³/mol. The summed E-state index contributed by atoms with van der Waals surface area (Å²) in [6.07, 6.45) is 0. The molecule has 0 fully saturated rings. The first-order valence-corrected chi connectivity index (χ1v) is 5.98. The Morgan fingerprint density at radius 3 is 2.26 bits per heavy atom. The molecule has 0 radical (unpaired) electrons. The van der Waals surface area contributed by atoms with Crippen molar-refractivity contribution in [3.63, 3.8) is 0 Å². The summed E-state index contributed by atoms with van der Waals surface area (Å²) in [6.45, 7) is 3.59. The van der Waals surface area contributed by atoms with Crippen molar-refractivity contribution < 1.29 is 13.9 Å². The summed E-state index contributed by atoms with van der Waals surface area (Å²) >= 11 is 0. The molecule has 19 heavy (non-hydrogen) atoms. The maximum atomic E-state index is 13.1. The van der Waals surface area contributed by atoms with Crippen molar-refractivity contribution in [3.05, 3.63) is 59.2 Å². The van der Waals surface area contributed by atoms with Gasteiger partial charge in [-0.15, -0.1) is 0 Å². The highest BCUT2D eigenvalue weighted by atomic mass is 19.1. The molecule has 0 saturated carbocycles. The van der Waals surface area contributed by atoms with Gasteiger partial charge in [0.2, 0.25) is 0 Å². The predicted octanol–water partition coefficient (Wildman–Crippen LogP) is 4.15. The van der Waals surface area contributed by atoms with Crippen LogP contribution in [0.5, 0.6) is 5.75 Å². The van der Waals surface area contributed by atoms with E-state index in [1.165, 1.54) is 12.1 Å². The van der Waals surface area contributed by atoms with Crippen LogP contribution in [0.4, 0.5) is 14.5 Å². The number of hydrogen-bond donors (Lipinski definition) is 2. The number of aromatic hydroxyl groups is 1. The molecule has 0 spiro atoms. The SMILES string of the molecule is Cc1ccc(NC(C)c2cc(F)cc(F)c2)cc1O. The highest BCUT2D eigenvalue weighted by molar-refractivity contribution is 5.52. The Morgan fingerprint density at radius 2 is 1.68 bits per heavy atom. The molecule has 0 amide bonds. The zero-order valence-electron chi connectivity index (χ0n) is 10.7.